The van der Waals surface area contributed by atoms with Gasteiger partial charge in [-0.2, -0.15) is 0 Å². The van der Waals surface area contributed by atoms with Crippen LogP contribution in [0, 0.1) is 10.5 Å². The van der Waals surface area contributed by atoms with Crippen molar-refractivity contribution >= 4 is 28.3 Å². The maximum Gasteiger partial charge on any atom is 0.123 e. The minimum Gasteiger partial charge on any atom is -0.464 e. The van der Waals surface area contributed by atoms with Crippen molar-refractivity contribution in [3.63, 3.8) is 0 Å². The van der Waals surface area contributed by atoms with Gasteiger partial charge in [0.05, 0.1) is 6.54 Å². The van der Waals surface area contributed by atoms with Crippen molar-refractivity contribution in [1.82, 2.24) is 0 Å². The summed E-state index contributed by atoms with van der Waals surface area (Å²) in [5.74, 6) is 2.03. The molecule has 0 unspecified atom stereocenters. The molecule has 0 saturated heterocycles. The van der Waals surface area contributed by atoms with E-state index in [9.17, 15) is 0 Å². The van der Waals surface area contributed by atoms with Crippen molar-refractivity contribution in [2.75, 3.05) is 5.32 Å². The van der Waals surface area contributed by atoms with Gasteiger partial charge in [-0.3, -0.25) is 0 Å². The summed E-state index contributed by atoms with van der Waals surface area (Å²) in [7, 11) is 0. The van der Waals surface area contributed by atoms with E-state index in [1.54, 1.807) is 0 Å². The summed E-state index contributed by atoms with van der Waals surface area (Å²) in [6.07, 6.45) is 0.947. The van der Waals surface area contributed by atoms with Crippen LogP contribution in [0.2, 0.25) is 0 Å². The molecular weight excluding hydrogens is 325 g/mol. The van der Waals surface area contributed by atoms with E-state index < -0.39 is 0 Å². The highest BCUT2D eigenvalue weighted by Crippen LogP contribution is 2.19. The minimum absolute atomic E-state index is 0.738. The van der Waals surface area contributed by atoms with Crippen LogP contribution in [0.1, 0.15) is 24.0 Å². The molecule has 1 aromatic heterocycles. The van der Waals surface area contributed by atoms with E-state index in [1.165, 1.54) is 14.8 Å². The van der Waals surface area contributed by atoms with Gasteiger partial charge in [-0.15, -0.1) is 0 Å². The molecule has 1 N–H and O–H groups in total. The molecule has 0 fully saturated rings. The third-order valence-electron chi connectivity index (χ3n) is 2.71. The Balaban J connectivity index is 2.02. The number of nitrogens with one attached hydrogen (secondary N) is 1. The van der Waals surface area contributed by atoms with Crippen LogP contribution in [0.25, 0.3) is 0 Å². The third-order valence-corrected chi connectivity index (χ3v) is 3.38. The van der Waals surface area contributed by atoms with Gasteiger partial charge in [0.1, 0.15) is 11.5 Å². The minimum atomic E-state index is 0.738. The Bertz CT molecular complexity index is 505. The standard InChI is InChI=1S/C14H16INO/c1-3-12-5-6-13(17-12)9-16-14-7-4-11(15)8-10(14)2/h4-8,16H,3,9H2,1-2H3. The topological polar surface area (TPSA) is 25.2 Å². The molecule has 2 aromatic rings. The quantitative estimate of drug-likeness (QED) is 0.836. The van der Waals surface area contributed by atoms with Crippen molar-refractivity contribution in [2.24, 2.45) is 0 Å². The second-order valence-electron chi connectivity index (χ2n) is 4.03. The number of hydrogen-bond donors (Lipinski definition) is 1. The SMILES string of the molecule is CCc1ccc(CNc2ccc(I)cc2C)o1. The molecule has 1 aromatic carbocycles. The lowest BCUT2D eigenvalue weighted by atomic mass is 10.2. The van der Waals surface area contributed by atoms with E-state index in [0.29, 0.717) is 0 Å². The Morgan fingerprint density at radius 3 is 2.59 bits per heavy atom. The molecule has 0 aliphatic rings. The maximum absolute atomic E-state index is 5.65. The Hall–Kier alpha value is -0.970. The summed E-state index contributed by atoms with van der Waals surface area (Å²) < 4.78 is 6.92. The molecule has 2 rings (SSSR count). The zero-order valence-corrected chi connectivity index (χ0v) is 12.2. The van der Waals surface area contributed by atoms with Crippen LogP contribution in [0.5, 0.6) is 0 Å². The number of benzene rings is 1. The predicted molar refractivity (Wildman–Crippen MR) is 79.3 cm³/mol. The fraction of sp³-hybridized carbons (Fsp3) is 0.286. The van der Waals surface area contributed by atoms with E-state index in [4.69, 9.17) is 4.42 Å². The molecule has 3 heteroatoms. The molecule has 0 aliphatic heterocycles. The molecule has 0 bridgehead atoms. The van der Waals surface area contributed by atoms with Gasteiger partial charge in [0.2, 0.25) is 0 Å². The molecular formula is C14H16INO. The Morgan fingerprint density at radius 1 is 1.18 bits per heavy atom. The van der Waals surface area contributed by atoms with E-state index in [-0.39, 0.29) is 0 Å². The summed E-state index contributed by atoms with van der Waals surface area (Å²) >= 11 is 2.32. The first kappa shape index (κ1) is 12.5. The zero-order chi connectivity index (χ0) is 12.3. The Morgan fingerprint density at radius 2 is 1.94 bits per heavy atom. The van der Waals surface area contributed by atoms with Crippen molar-refractivity contribution in [2.45, 2.75) is 26.8 Å². The van der Waals surface area contributed by atoms with Gasteiger partial charge in [-0.1, -0.05) is 6.92 Å². The van der Waals surface area contributed by atoms with Gasteiger partial charge in [0.15, 0.2) is 0 Å². The largest absolute Gasteiger partial charge is 0.464 e. The maximum atomic E-state index is 5.65. The zero-order valence-electron chi connectivity index (χ0n) is 10.1. The lowest BCUT2D eigenvalue weighted by molar-refractivity contribution is 0.476. The van der Waals surface area contributed by atoms with Crippen molar-refractivity contribution in [1.29, 1.82) is 0 Å². The van der Waals surface area contributed by atoms with Gasteiger partial charge in [-0.05, 0) is 65.4 Å². The molecule has 0 atom stereocenters. The molecule has 0 spiro atoms. The first-order valence-electron chi connectivity index (χ1n) is 5.76. The van der Waals surface area contributed by atoms with Gasteiger partial charge in [0, 0.05) is 15.7 Å². The van der Waals surface area contributed by atoms with E-state index >= 15 is 0 Å². The number of halogens is 1. The summed E-state index contributed by atoms with van der Waals surface area (Å²) in [4.78, 5) is 0. The lowest BCUT2D eigenvalue weighted by Crippen LogP contribution is -2.00. The lowest BCUT2D eigenvalue weighted by Gasteiger charge is -2.08. The van der Waals surface area contributed by atoms with Gasteiger partial charge in [0.25, 0.3) is 0 Å². The van der Waals surface area contributed by atoms with Crippen LogP contribution in [-0.4, -0.2) is 0 Å². The summed E-state index contributed by atoms with van der Waals surface area (Å²) in [6.45, 7) is 4.95. The normalized spacial score (nSPS) is 10.5. The predicted octanol–water partition coefficient (Wildman–Crippen LogP) is 4.37. The highest BCUT2D eigenvalue weighted by Gasteiger charge is 2.02. The van der Waals surface area contributed by atoms with Gasteiger partial charge < -0.3 is 9.73 Å². The molecule has 0 saturated carbocycles. The fourth-order valence-corrected chi connectivity index (χ4v) is 2.36. The second-order valence-corrected chi connectivity index (χ2v) is 5.28. The average molecular weight is 341 g/mol. The van der Waals surface area contributed by atoms with Crippen LogP contribution < -0.4 is 5.32 Å². The smallest absolute Gasteiger partial charge is 0.123 e. The Kier molecular flexibility index (Phi) is 4.10. The highest BCUT2D eigenvalue weighted by atomic mass is 127. The third kappa shape index (κ3) is 3.25. The van der Waals surface area contributed by atoms with Crippen LogP contribution in [0.4, 0.5) is 5.69 Å². The van der Waals surface area contributed by atoms with E-state index in [1.807, 2.05) is 12.1 Å². The number of furan rings is 1. The summed E-state index contributed by atoms with van der Waals surface area (Å²) in [5, 5.41) is 3.40. The van der Waals surface area contributed by atoms with Crippen molar-refractivity contribution in [3.05, 3.63) is 51.0 Å². The van der Waals surface area contributed by atoms with Crippen LogP contribution in [0.3, 0.4) is 0 Å². The Labute approximate surface area is 116 Å². The molecule has 0 aliphatic carbocycles. The van der Waals surface area contributed by atoms with Gasteiger partial charge >= 0.3 is 0 Å². The van der Waals surface area contributed by atoms with Crippen molar-refractivity contribution in [3.8, 4) is 0 Å². The number of hydrogen-bond acceptors (Lipinski definition) is 2. The average Bonchev–Trinajstić information content (AvgIpc) is 2.76. The van der Waals surface area contributed by atoms with Crippen LogP contribution >= 0.6 is 22.6 Å². The molecule has 0 amide bonds. The molecule has 2 nitrogen and oxygen atoms in total. The fourth-order valence-electron chi connectivity index (χ4n) is 1.72. The number of rotatable bonds is 4. The van der Waals surface area contributed by atoms with Gasteiger partial charge in [-0.25, -0.2) is 0 Å². The first-order valence-corrected chi connectivity index (χ1v) is 6.84. The highest BCUT2D eigenvalue weighted by molar-refractivity contribution is 14.1. The monoisotopic (exact) mass is 341 g/mol. The molecule has 1 heterocycles. The van der Waals surface area contributed by atoms with E-state index in [0.717, 1.165) is 24.5 Å². The number of aryl methyl sites for hydroxylation is 2. The van der Waals surface area contributed by atoms with Crippen LogP contribution in [-0.2, 0) is 13.0 Å². The second kappa shape index (κ2) is 5.58. The van der Waals surface area contributed by atoms with Crippen molar-refractivity contribution < 1.29 is 4.42 Å². The summed E-state index contributed by atoms with van der Waals surface area (Å²) in [5.41, 5.74) is 2.43. The molecule has 17 heavy (non-hydrogen) atoms. The van der Waals surface area contributed by atoms with Crippen LogP contribution in [0.15, 0.2) is 34.7 Å². The first-order chi connectivity index (χ1) is 8.19. The molecule has 90 valence electrons. The molecule has 0 radical (unpaired) electrons. The van der Waals surface area contributed by atoms with E-state index in [2.05, 4.69) is 60.0 Å². The summed E-state index contributed by atoms with van der Waals surface area (Å²) in [6, 6.07) is 10.5. The number of anilines is 1.